The highest BCUT2D eigenvalue weighted by molar-refractivity contribution is 8.46. The molecule has 0 aliphatic carbocycles. The second-order valence-electron chi connectivity index (χ2n) is 6.06. The zero-order chi connectivity index (χ0) is 24.0. The van der Waals surface area contributed by atoms with Gasteiger partial charge in [0.1, 0.15) is 4.90 Å². The van der Waals surface area contributed by atoms with Crippen LogP contribution in [-0.4, -0.2) is 19.4 Å². The van der Waals surface area contributed by atoms with Crippen molar-refractivity contribution in [2.45, 2.75) is 25.7 Å². The quantitative estimate of drug-likeness (QED) is 0.301. The van der Waals surface area contributed by atoms with Gasteiger partial charge in [-0.25, -0.2) is 0 Å². The molecular weight excluding hydrogens is 521 g/mol. The second kappa shape index (κ2) is 5.79. The van der Waals surface area contributed by atoms with Crippen molar-refractivity contribution in [1.29, 1.82) is 0 Å². The zero-order valence-corrected chi connectivity index (χ0v) is 16.6. The number of halogens is 11. The van der Waals surface area contributed by atoms with Gasteiger partial charge in [0.15, 0.2) is 0 Å². The first-order valence-electron chi connectivity index (χ1n) is 7.41. The normalized spacial score (nSPS) is 23.8. The van der Waals surface area contributed by atoms with E-state index >= 15 is 0 Å². The summed E-state index contributed by atoms with van der Waals surface area (Å²) < 4.78 is 175. The third-order valence-electron chi connectivity index (χ3n) is 3.98. The average Bonchev–Trinajstić information content (AvgIpc) is 2.83. The van der Waals surface area contributed by atoms with Gasteiger partial charge in [0.05, 0.1) is 0 Å². The summed E-state index contributed by atoms with van der Waals surface area (Å²) in [5.41, 5.74) is -15.4. The van der Waals surface area contributed by atoms with Crippen molar-refractivity contribution >= 4 is 30.7 Å². The Morgan fingerprint density at radius 3 is 1.77 bits per heavy atom. The Labute approximate surface area is 168 Å². The number of benzene rings is 2. The summed E-state index contributed by atoms with van der Waals surface area (Å²) in [6.07, 6.45) is 0. The van der Waals surface area contributed by atoms with Gasteiger partial charge < -0.3 is 0 Å². The van der Waals surface area contributed by atoms with E-state index in [4.69, 9.17) is 0 Å². The van der Waals surface area contributed by atoms with E-state index in [1.165, 1.54) is 0 Å². The Morgan fingerprint density at radius 2 is 1.29 bits per heavy atom. The lowest BCUT2D eigenvalue weighted by Gasteiger charge is -2.42. The largest absolute Gasteiger partial charge is 0.523 e. The first-order chi connectivity index (χ1) is 13.5. The smallest absolute Gasteiger partial charge is 0.196 e. The maximum Gasteiger partial charge on any atom is 0.523 e. The van der Waals surface area contributed by atoms with Gasteiger partial charge in [-0.2, -0.15) is 38.4 Å². The molecule has 0 spiro atoms. The molecule has 3 nitrogen and oxygen atoms in total. The highest BCUT2D eigenvalue weighted by Gasteiger charge is 2.70. The second-order valence-corrected chi connectivity index (χ2v) is 12.8. The molecule has 31 heavy (non-hydrogen) atoms. The van der Waals surface area contributed by atoms with E-state index in [-0.39, 0.29) is 18.2 Å². The zero-order valence-electron chi connectivity index (χ0n) is 14.1. The van der Waals surface area contributed by atoms with E-state index in [2.05, 4.69) is 3.63 Å². The molecule has 1 atom stereocenters. The average molecular weight is 528 g/mol. The molecule has 1 heterocycles. The Hall–Kier alpha value is -1.72. The summed E-state index contributed by atoms with van der Waals surface area (Å²) >= 11 is 0. The van der Waals surface area contributed by atoms with Crippen LogP contribution in [0.5, 0.6) is 0 Å². The fraction of sp³-hybridized carbons (Fsp3) is 0.143. The molecular formula is C14H7F11O3S3. The van der Waals surface area contributed by atoms with Crippen molar-refractivity contribution in [2.24, 2.45) is 0 Å². The molecule has 17 heteroatoms. The Kier molecular flexibility index (Phi) is 4.47. The van der Waals surface area contributed by atoms with Gasteiger partial charge >= 0.3 is 31.4 Å². The SMILES string of the molecule is O=S(=O)(OS1(C(F)(F)F)c2ccccc2-c2c1cccc2S(F)(F)(F)(F)F)C(F)(F)F. The molecule has 0 bridgehead atoms. The summed E-state index contributed by atoms with van der Waals surface area (Å²) in [6.45, 7) is 0. The Balaban J connectivity index is 2.55. The molecule has 1 aliphatic rings. The molecule has 176 valence electrons. The minimum Gasteiger partial charge on any atom is -0.196 e. The van der Waals surface area contributed by atoms with Crippen molar-refractivity contribution < 1.29 is 57.8 Å². The number of fused-ring (bicyclic) bond motifs is 3. The van der Waals surface area contributed by atoms with Crippen LogP contribution in [0.3, 0.4) is 0 Å². The summed E-state index contributed by atoms with van der Waals surface area (Å²) in [7, 11) is -23.6. The topological polar surface area (TPSA) is 43.4 Å². The molecule has 0 saturated carbocycles. The molecule has 0 fully saturated rings. The van der Waals surface area contributed by atoms with Crippen LogP contribution in [-0.2, 0) is 13.7 Å². The molecule has 0 radical (unpaired) electrons. The highest BCUT2D eigenvalue weighted by Crippen LogP contribution is 3.03. The fourth-order valence-electron chi connectivity index (χ4n) is 2.91. The van der Waals surface area contributed by atoms with E-state index < -0.39 is 67.5 Å². The van der Waals surface area contributed by atoms with Crippen molar-refractivity contribution in [3.8, 4) is 11.1 Å². The van der Waals surface area contributed by atoms with Crippen molar-refractivity contribution in [3.05, 3.63) is 42.5 Å². The summed E-state index contributed by atoms with van der Waals surface area (Å²) in [4.78, 5) is -6.05. The molecule has 0 saturated heterocycles. The van der Waals surface area contributed by atoms with Crippen LogP contribution in [0.15, 0.2) is 57.2 Å². The van der Waals surface area contributed by atoms with Crippen molar-refractivity contribution in [1.82, 2.24) is 0 Å². The van der Waals surface area contributed by atoms with E-state index in [0.717, 1.165) is 12.1 Å². The van der Waals surface area contributed by atoms with Gasteiger partial charge in [0.25, 0.3) is 0 Å². The molecule has 2 aromatic carbocycles. The molecule has 2 aromatic rings. The van der Waals surface area contributed by atoms with Crippen LogP contribution in [0.1, 0.15) is 0 Å². The summed E-state index contributed by atoms with van der Waals surface area (Å²) in [6, 6.07) is 2.54. The number of alkyl halides is 6. The van der Waals surface area contributed by atoms with Gasteiger partial charge in [-0.3, -0.25) is 0 Å². The van der Waals surface area contributed by atoms with E-state index in [0.29, 0.717) is 12.1 Å². The van der Waals surface area contributed by atoms with Crippen molar-refractivity contribution in [2.75, 3.05) is 0 Å². The minimum atomic E-state index is -10.7. The standard InChI is InChI=1S/C14H7F11O3S3/c15-13(16,17)29(28-30(26,27)14(18,19)20)9-5-2-1-4-8(9)12-10(29)6-3-7-11(12)31(21,22,23,24)25/h1-7H. The molecule has 3 rings (SSSR count). The first kappa shape index (κ1) is 23.9. The monoisotopic (exact) mass is 528 g/mol. The predicted octanol–water partition coefficient (Wildman–Crippen LogP) is 7.85. The summed E-state index contributed by atoms with van der Waals surface area (Å²) in [5.74, 6) is 0. The lowest BCUT2D eigenvalue weighted by atomic mass is 10.1. The van der Waals surface area contributed by atoms with Crippen LogP contribution in [0.4, 0.5) is 45.8 Å². The highest BCUT2D eigenvalue weighted by atomic mass is 32.5. The molecule has 0 amide bonds. The van der Waals surface area contributed by atoms with Gasteiger partial charge in [-0.1, -0.05) is 43.7 Å². The third-order valence-corrected chi connectivity index (χ3v) is 9.84. The van der Waals surface area contributed by atoms with E-state index in [9.17, 15) is 54.2 Å². The Bertz CT molecular complexity index is 1190. The van der Waals surface area contributed by atoms with Gasteiger partial charge in [0, 0.05) is 25.7 Å². The van der Waals surface area contributed by atoms with Crippen LogP contribution in [0, 0.1) is 0 Å². The van der Waals surface area contributed by atoms with Crippen LogP contribution >= 0.6 is 20.5 Å². The van der Waals surface area contributed by atoms with Crippen LogP contribution < -0.4 is 0 Å². The van der Waals surface area contributed by atoms with Crippen LogP contribution in [0.25, 0.3) is 11.1 Å². The number of rotatable bonds is 3. The van der Waals surface area contributed by atoms with E-state index in [1.807, 2.05) is 0 Å². The van der Waals surface area contributed by atoms with Gasteiger partial charge in [0.2, 0.25) is 0 Å². The summed E-state index contributed by atoms with van der Waals surface area (Å²) in [5, 5.41) is 0. The molecule has 1 aliphatic heterocycles. The lowest BCUT2D eigenvalue weighted by molar-refractivity contribution is -0.0550. The maximum absolute atomic E-state index is 14.1. The van der Waals surface area contributed by atoms with Crippen molar-refractivity contribution in [3.63, 3.8) is 0 Å². The minimum absolute atomic E-state index is 0.106. The lowest BCUT2D eigenvalue weighted by Crippen LogP contribution is -2.31. The molecule has 1 unspecified atom stereocenters. The first-order valence-corrected chi connectivity index (χ1v) is 12.3. The van der Waals surface area contributed by atoms with Crippen LogP contribution in [0.2, 0.25) is 0 Å². The predicted molar refractivity (Wildman–Crippen MR) is 89.5 cm³/mol. The fourth-order valence-corrected chi connectivity index (χ4v) is 8.46. The molecule has 0 N–H and O–H groups in total. The van der Waals surface area contributed by atoms with Gasteiger partial charge in [-0.05, 0) is 23.8 Å². The third kappa shape index (κ3) is 3.64. The maximum atomic E-state index is 14.1. The number of hydrogen-bond donors (Lipinski definition) is 0. The molecule has 0 aromatic heterocycles. The van der Waals surface area contributed by atoms with Gasteiger partial charge in [-0.15, -0.1) is 0 Å². The van der Waals surface area contributed by atoms with E-state index in [1.54, 1.807) is 0 Å². The Morgan fingerprint density at radius 1 is 0.774 bits per heavy atom. The number of hydrogen-bond acceptors (Lipinski definition) is 3.